The van der Waals surface area contributed by atoms with E-state index in [9.17, 15) is 54.4 Å². The van der Waals surface area contributed by atoms with E-state index in [1.807, 2.05) is 0 Å². The van der Waals surface area contributed by atoms with E-state index >= 15 is 0 Å². The highest BCUT2D eigenvalue weighted by Crippen LogP contribution is 2.61. The number of benzene rings is 1. The van der Waals surface area contributed by atoms with E-state index in [4.69, 9.17) is 19.7 Å². The zero-order chi connectivity index (χ0) is 32.8. The molecule has 2 fully saturated rings. The second-order valence-electron chi connectivity index (χ2n) is 9.96. The van der Waals surface area contributed by atoms with Gasteiger partial charge in [-0.1, -0.05) is 30.3 Å². The van der Waals surface area contributed by atoms with Gasteiger partial charge < -0.3 is 55.6 Å². The van der Waals surface area contributed by atoms with Crippen LogP contribution in [0.2, 0.25) is 0 Å². The number of hydrogen-bond donors (Lipinski definition) is 10. The molecule has 0 spiro atoms. The molecule has 2 aromatic heterocycles. The molecule has 0 radical (unpaired) electrons. The molecule has 11 N–H and O–H groups in total. The van der Waals surface area contributed by atoms with Crippen LogP contribution in [0.4, 0.5) is 5.95 Å². The van der Waals surface area contributed by atoms with E-state index in [1.165, 1.54) is 4.57 Å². The molecule has 0 aliphatic carbocycles. The van der Waals surface area contributed by atoms with Crippen molar-refractivity contribution < 1.29 is 72.4 Å². The van der Waals surface area contributed by atoms with Crippen LogP contribution in [0, 0.1) is 0 Å². The Kier molecular flexibility index (Phi) is 9.60. The zero-order valence-electron chi connectivity index (χ0n) is 22.7. The van der Waals surface area contributed by atoms with Crippen LogP contribution in [0.15, 0.2) is 35.1 Å². The second kappa shape index (κ2) is 12.8. The van der Waals surface area contributed by atoms with Crippen LogP contribution in [0.25, 0.3) is 22.6 Å². The average molecular weight is 681 g/mol. The number of aromatic amines is 1. The number of H-pyrrole nitrogens is 1. The number of nitrogen functional groups attached to an aromatic ring is 1. The smallest absolute Gasteiger partial charge is 0.394 e. The zero-order valence-corrected chi connectivity index (χ0v) is 24.4. The van der Waals surface area contributed by atoms with E-state index in [2.05, 4.69) is 23.8 Å². The molecule has 2 saturated heterocycles. The molecule has 0 bridgehead atoms. The maximum atomic E-state index is 12.5. The number of aliphatic hydroxyl groups is 6. The third-order valence-corrected chi connectivity index (χ3v) is 9.49. The van der Waals surface area contributed by atoms with E-state index < -0.39 is 89.7 Å². The Hall–Kier alpha value is -2.69. The van der Waals surface area contributed by atoms with Crippen LogP contribution < -0.4 is 11.3 Å². The first-order valence-corrected chi connectivity index (χ1v) is 16.0. The van der Waals surface area contributed by atoms with Gasteiger partial charge in [0, 0.05) is 5.56 Å². The van der Waals surface area contributed by atoms with Gasteiger partial charge in [-0.3, -0.25) is 23.4 Å². The number of aromatic nitrogens is 4. The number of aliphatic hydroxyl groups excluding tert-OH is 6. The Morgan fingerprint density at radius 2 is 1.58 bits per heavy atom. The lowest BCUT2D eigenvalue weighted by molar-refractivity contribution is -0.280. The third-order valence-electron chi connectivity index (χ3n) is 6.89. The van der Waals surface area contributed by atoms with Crippen molar-refractivity contribution in [1.82, 2.24) is 19.5 Å². The Labute approximate surface area is 251 Å². The quantitative estimate of drug-likeness (QED) is 0.0955. The van der Waals surface area contributed by atoms with Crippen molar-refractivity contribution in [3.63, 3.8) is 0 Å². The predicted octanol–water partition coefficient (Wildman–Crippen LogP) is -2.96. The van der Waals surface area contributed by atoms with Gasteiger partial charge in [0.1, 0.15) is 48.6 Å². The van der Waals surface area contributed by atoms with E-state index in [1.54, 1.807) is 30.3 Å². The van der Waals surface area contributed by atoms with Crippen LogP contribution >= 0.6 is 15.6 Å². The molecule has 21 nitrogen and oxygen atoms in total. The van der Waals surface area contributed by atoms with Crippen molar-refractivity contribution in [3.05, 3.63) is 40.7 Å². The van der Waals surface area contributed by atoms with E-state index in [-0.39, 0.29) is 22.9 Å². The molecule has 45 heavy (non-hydrogen) atoms. The van der Waals surface area contributed by atoms with Crippen LogP contribution in [-0.4, -0.2) is 122 Å². The van der Waals surface area contributed by atoms with Crippen LogP contribution in [0.5, 0.6) is 0 Å². The number of fused-ring (bicyclic) bond motifs is 1. The molecule has 2 unspecified atom stereocenters. The fourth-order valence-electron chi connectivity index (χ4n) is 4.74. The lowest BCUT2D eigenvalue weighted by Gasteiger charge is -2.39. The third kappa shape index (κ3) is 6.88. The summed E-state index contributed by atoms with van der Waals surface area (Å²) in [6.07, 6.45) is -16.4. The van der Waals surface area contributed by atoms with Crippen molar-refractivity contribution in [2.45, 2.75) is 55.2 Å². The van der Waals surface area contributed by atoms with Crippen LogP contribution in [0.1, 0.15) is 6.23 Å². The molecule has 11 atom stereocenters. The van der Waals surface area contributed by atoms with Gasteiger partial charge in [-0.15, -0.1) is 0 Å². The van der Waals surface area contributed by atoms with Gasteiger partial charge in [0.2, 0.25) is 5.95 Å². The first-order valence-electron chi connectivity index (χ1n) is 13.0. The molecule has 4 heterocycles. The summed E-state index contributed by atoms with van der Waals surface area (Å²) >= 11 is 0. The molecule has 0 saturated carbocycles. The summed E-state index contributed by atoms with van der Waals surface area (Å²) in [5, 5.41) is 60.4. The number of phosphoric acid groups is 2. The highest BCUT2D eigenvalue weighted by atomic mass is 31.3. The fraction of sp³-hybridized carbons (Fsp3) is 0.500. The van der Waals surface area contributed by atoms with Gasteiger partial charge >= 0.3 is 15.6 Å². The number of ether oxygens (including phenoxy) is 2. The SMILES string of the molecule is Nc1nc2c(nc(-c3ccccc3)n2[C@@H]2O[C@H](COP(=O)(O)OP(=O)(O)O[C@H]3O[C@H](CO)[C@@H](O)[C@H](O)[C@@H]3O)[C@@H](O)[C@H]2O)c(=O)[nH]1. The predicted molar refractivity (Wildman–Crippen MR) is 145 cm³/mol. The summed E-state index contributed by atoms with van der Waals surface area (Å²) in [5.41, 5.74) is 5.14. The number of nitrogens with zero attached hydrogens (tertiary/aromatic N) is 3. The standard InChI is InChI=1S/C22H29N5O16P2/c23-22-25-18-11(19(34)26-22)24-17(8-4-2-1-3-5-8)27(18)20-15(32)13(30)10(40-20)7-39-44(35,36)43-45(37,38)42-21-16(33)14(31)12(29)9(6-28)41-21/h1-5,9-10,12-16,20-21,28-33H,6-7H2,(H,35,36)(H,37,38)(H3,23,25,26,34)/t9-,10-,12-,13-,14+,15-,16+,20-,21-/m1/s1. The Morgan fingerprint density at radius 3 is 2.24 bits per heavy atom. The topological polar surface area (TPSA) is 332 Å². The van der Waals surface area contributed by atoms with Gasteiger partial charge in [-0.05, 0) is 0 Å². The van der Waals surface area contributed by atoms with Crippen molar-refractivity contribution in [2.75, 3.05) is 18.9 Å². The molecule has 2 aliphatic rings. The summed E-state index contributed by atoms with van der Waals surface area (Å²) in [7, 11) is -11.2. The normalized spacial score (nSPS) is 33.2. The average Bonchev–Trinajstić information content (AvgIpc) is 3.49. The molecule has 1 aromatic carbocycles. The maximum Gasteiger partial charge on any atom is 0.483 e. The van der Waals surface area contributed by atoms with Crippen LogP contribution in [-0.2, 0) is 32.0 Å². The summed E-state index contributed by atoms with van der Waals surface area (Å²) in [5.74, 6) is -0.214. The van der Waals surface area contributed by atoms with Crippen molar-refractivity contribution in [3.8, 4) is 11.4 Å². The number of imidazole rings is 1. The van der Waals surface area contributed by atoms with Crippen LogP contribution in [0.3, 0.4) is 0 Å². The number of nitrogens with two attached hydrogens (primary N) is 1. The highest BCUT2D eigenvalue weighted by molar-refractivity contribution is 7.61. The Balaban J connectivity index is 1.32. The molecular weight excluding hydrogens is 652 g/mol. The first-order chi connectivity index (χ1) is 21.1. The fourth-order valence-corrected chi connectivity index (χ4v) is 6.90. The lowest BCUT2D eigenvalue weighted by atomic mass is 10.00. The Morgan fingerprint density at radius 1 is 0.911 bits per heavy atom. The van der Waals surface area contributed by atoms with Crippen molar-refractivity contribution >= 4 is 32.8 Å². The van der Waals surface area contributed by atoms with Crippen molar-refractivity contribution in [2.24, 2.45) is 0 Å². The Bertz CT molecular complexity index is 1670. The molecule has 3 aromatic rings. The number of hydrogen-bond acceptors (Lipinski definition) is 17. The van der Waals surface area contributed by atoms with Gasteiger partial charge in [0.15, 0.2) is 23.7 Å². The van der Waals surface area contributed by atoms with Crippen molar-refractivity contribution in [1.29, 1.82) is 0 Å². The van der Waals surface area contributed by atoms with Gasteiger partial charge in [-0.2, -0.15) is 9.29 Å². The van der Waals surface area contributed by atoms with Gasteiger partial charge in [0.25, 0.3) is 5.56 Å². The summed E-state index contributed by atoms with van der Waals surface area (Å²) in [6, 6.07) is 8.32. The molecule has 23 heteroatoms. The number of rotatable bonds is 10. The summed E-state index contributed by atoms with van der Waals surface area (Å²) in [4.78, 5) is 43.3. The molecule has 248 valence electrons. The number of anilines is 1. The minimum atomic E-state index is -5.64. The monoisotopic (exact) mass is 681 g/mol. The number of nitrogens with one attached hydrogen (secondary N) is 1. The first kappa shape index (κ1) is 33.7. The lowest BCUT2D eigenvalue weighted by Crippen LogP contribution is -2.58. The minimum Gasteiger partial charge on any atom is -0.394 e. The maximum absolute atomic E-state index is 12.5. The second-order valence-corrected chi connectivity index (χ2v) is 13.0. The summed E-state index contributed by atoms with van der Waals surface area (Å²) < 4.78 is 50.2. The number of phosphoric ester groups is 2. The minimum absolute atomic E-state index is 0.0785. The van der Waals surface area contributed by atoms with E-state index in [0.29, 0.717) is 5.56 Å². The van der Waals surface area contributed by atoms with E-state index in [0.717, 1.165) is 0 Å². The highest BCUT2D eigenvalue weighted by Gasteiger charge is 2.50. The largest absolute Gasteiger partial charge is 0.483 e. The summed E-state index contributed by atoms with van der Waals surface area (Å²) in [6.45, 7) is -1.92. The molecular formula is C22H29N5O16P2. The molecule has 0 amide bonds. The molecule has 5 rings (SSSR count). The van der Waals surface area contributed by atoms with Gasteiger partial charge in [0.05, 0.1) is 13.2 Å². The molecule has 2 aliphatic heterocycles. The van der Waals surface area contributed by atoms with Gasteiger partial charge in [-0.25, -0.2) is 14.1 Å².